The van der Waals surface area contributed by atoms with Crippen LogP contribution in [0.15, 0.2) is 36.4 Å². The van der Waals surface area contributed by atoms with Crippen molar-refractivity contribution in [3.05, 3.63) is 47.0 Å². The van der Waals surface area contributed by atoms with Gasteiger partial charge in [-0.2, -0.15) is 0 Å². The van der Waals surface area contributed by atoms with Crippen molar-refractivity contribution < 1.29 is 19.0 Å². The number of methoxy groups -OCH3 is 1. The largest absolute Gasteiger partial charge is 0.494 e. The van der Waals surface area contributed by atoms with Crippen LogP contribution in [0.1, 0.15) is 18.9 Å². The molecule has 0 spiro atoms. The third kappa shape index (κ3) is 5.74. The van der Waals surface area contributed by atoms with E-state index in [-0.39, 0.29) is 6.61 Å². The minimum absolute atomic E-state index is 0.266. The average Bonchev–Trinajstić information content (AvgIpc) is 2.63. The van der Waals surface area contributed by atoms with E-state index in [0.717, 1.165) is 23.4 Å². The smallest absolute Gasteiger partial charge is 0.255 e. The van der Waals surface area contributed by atoms with Gasteiger partial charge in [-0.1, -0.05) is 24.6 Å². The van der Waals surface area contributed by atoms with E-state index < -0.39 is 5.91 Å². The van der Waals surface area contributed by atoms with Crippen LogP contribution in [0, 0.1) is 0 Å². The van der Waals surface area contributed by atoms with E-state index >= 15 is 0 Å². The molecule has 2 aromatic carbocycles. The van der Waals surface area contributed by atoms with Crippen molar-refractivity contribution in [1.29, 1.82) is 0 Å². The molecule has 0 bridgehead atoms. The summed E-state index contributed by atoms with van der Waals surface area (Å²) >= 11 is 6.26. The number of anilines is 1. The molecule has 2 rings (SSSR count). The highest BCUT2D eigenvalue weighted by molar-refractivity contribution is 6.32. The van der Waals surface area contributed by atoms with Crippen molar-refractivity contribution in [3.63, 3.8) is 0 Å². The van der Waals surface area contributed by atoms with Gasteiger partial charge in [-0.05, 0) is 36.2 Å². The lowest BCUT2D eigenvalue weighted by Gasteiger charge is -2.14. The molecule has 1 amide bonds. The Kier molecular flexibility index (Phi) is 7.41. The molecule has 0 unspecified atom stereocenters. The predicted octanol–water partition coefficient (Wildman–Crippen LogP) is 3.61. The van der Waals surface area contributed by atoms with E-state index in [1.807, 2.05) is 24.3 Å². The van der Waals surface area contributed by atoms with Crippen LogP contribution in [-0.2, 0) is 11.3 Å². The highest BCUT2D eigenvalue weighted by atomic mass is 35.5. The van der Waals surface area contributed by atoms with E-state index in [2.05, 4.69) is 12.2 Å². The molecular weight excluding hydrogens is 356 g/mol. The second-order valence-electron chi connectivity index (χ2n) is 5.59. The number of halogens is 1. The Balaban J connectivity index is 2.07. The summed E-state index contributed by atoms with van der Waals surface area (Å²) in [7, 11) is 1.51. The zero-order chi connectivity index (χ0) is 18.9. The zero-order valence-corrected chi connectivity index (χ0v) is 15.6. The van der Waals surface area contributed by atoms with Gasteiger partial charge in [-0.3, -0.25) is 4.79 Å². The van der Waals surface area contributed by atoms with Crippen LogP contribution in [0.3, 0.4) is 0 Å². The highest BCUT2D eigenvalue weighted by Crippen LogP contribution is 2.36. The predicted molar refractivity (Wildman–Crippen MR) is 102 cm³/mol. The number of nitrogens with one attached hydrogen (secondary N) is 1. The number of ether oxygens (including phenoxy) is 3. The van der Waals surface area contributed by atoms with Gasteiger partial charge in [0.1, 0.15) is 5.75 Å². The molecule has 7 heteroatoms. The van der Waals surface area contributed by atoms with Gasteiger partial charge in [0.15, 0.2) is 18.1 Å². The molecule has 2 aromatic rings. The quantitative estimate of drug-likeness (QED) is 0.659. The second kappa shape index (κ2) is 9.77. The summed E-state index contributed by atoms with van der Waals surface area (Å²) in [5.74, 6) is 0.976. The maximum atomic E-state index is 10.9. The Hall–Kier alpha value is -2.60. The first-order valence-electron chi connectivity index (χ1n) is 8.27. The topological polar surface area (TPSA) is 82.8 Å². The number of amides is 1. The van der Waals surface area contributed by atoms with Crippen LogP contribution >= 0.6 is 11.6 Å². The lowest BCUT2D eigenvalue weighted by Crippen LogP contribution is -2.20. The molecule has 0 aliphatic carbocycles. The van der Waals surface area contributed by atoms with Crippen LogP contribution in [-0.4, -0.2) is 26.2 Å². The van der Waals surface area contributed by atoms with Gasteiger partial charge in [0, 0.05) is 18.3 Å². The van der Waals surface area contributed by atoms with Crippen LogP contribution in [0.2, 0.25) is 5.02 Å². The number of primary amides is 1. The Morgan fingerprint density at radius 2 is 2.04 bits per heavy atom. The highest BCUT2D eigenvalue weighted by Gasteiger charge is 2.13. The minimum atomic E-state index is -0.584. The second-order valence-corrected chi connectivity index (χ2v) is 6.00. The fourth-order valence-electron chi connectivity index (χ4n) is 2.28. The number of hydrogen-bond acceptors (Lipinski definition) is 5. The van der Waals surface area contributed by atoms with E-state index in [1.54, 1.807) is 12.1 Å². The van der Waals surface area contributed by atoms with Crippen LogP contribution in [0.5, 0.6) is 17.2 Å². The minimum Gasteiger partial charge on any atom is -0.494 e. The Bertz CT molecular complexity index is 752. The van der Waals surface area contributed by atoms with Gasteiger partial charge < -0.3 is 25.3 Å². The molecule has 0 saturated carbocycles. The molecule has 140 valence electrons. The first-order chi connectivity index (χ1) is 12.5. The zero-order valence-electron chi connectivity index (χ0n) is 14.9. The molecular formula is C19H23ClN2O4. The molecule has 26 heavy (non-hydrogen) atoms. The summed E-state index contributed by atoms with van der Waals surface area (Å²) in [5.41, 5.74) is 6.93. The standard InChI is InChI=1S/C19H23ClN2O4/c1-3-7-25-15-6-4-5-14(10-15)22-11-13-8-16(20)19(17(9-13)24-2)26-12-18(21)23/h4-6,8-10,22H,3,7,11-12H2,1-2H3,(H2,21,23). The molecule has 0 atom stereocenters. The van der Waals surface area contributed by atoms with Gasteiger partial charge in [-0.25, -0.2) is 0 Å². The first-order valence-corrected chi connectivity index (χ1v) is 8.65. The number of nitrogens with two attached hydrogens (primary N) is 1. The number of carbonyl (C=O) groups excluding carboxylic acids is 1. The van der Waals surface area contributed by atoms with E-state index in [1.165, 1.54) is 7.11 Å². The Labute approximate surface area is 158 Å². The third-order valence-electron chi connectivity index (χ3n) is 3.45. The average molecular weight is 379 g/mol. The molecule has 0 radical (unpaired) electrons. The van der Waals surface area contributed by atoms with E-state index in [4.69, 9.17) is 31.5 Å². The van der Waals surface area contributed by atoms with Crippen molar-refractivity contribution in [2.45, 2.75) is 19.9 Å². The van der Waals surface area contributed by atoms with E-state index in [0.29, 0.717) is 29.7 Å². The summed E-state index contributed by atoms with van der Waals surface area (Å²) in [5, 5.41) is 3.67. The third-order valence-corrected chi connectivity index (χ3v) is 3.73. The number of carbonyl (C=O) groups is 1. The van der Waals surface area contributed by atoms with Crippen molar-refractivity contribution >= 4 is 23.2 Å². The summed E-state index contributed by atoms with van der Waals surface area (Å²) in [6, 6.07) is 11.3. The maximum Gasteiger partial charge on any atom is 0.255 e. The maximum absolute atomic E-state index is 10.9. The molecule has 0 heterocycles. The van der Waals surface area contributed by atoms with E-state index in [9.17, 15) is 4.79 Å². The van der Waals surface area contributed by atoms with Crippen molar-refractivity contribution in [2.75, 3.05) is 25.6 Å². The number of rotatable bonds is 10. The van der Waals surface area contributed by atoms with Crippen molar-refractivity contribution in [2.24, 2.45) is 5.73 Å². The molecule has 6 nitrogen and oxygen atoms in total. The first kappa shape index (κ1) is 19.7. The molecule has 0 aromatic heterocycles. The Morgan fingerprint density at radius 3 is 2.73 bits per heavy atom. The molecule has 0 aliphatic heterocycles. The summed E-state index contributed by atoms with van der Waals surface area (Å²) < 4.78 is 16.3. The molecule has 3 N–H and O–H groups in total. The summed E-state index contributed by atoms with van der Waals surface area (Å²) in [4.78, 5) is 10.9. The number of hydrogen-bond donors (Lipinski definition) is 2. The summed E-state index contributed by atoms with van der Waals surface area (Å²) in [6.07, 6.45) is 0.958. The lowest BCUT2D eigenvalue weighted by atomic mass is 10.2. The van der Waals surface area contributed by atoms with Crippen molar-refractivity contribution in [1.82, 2.24) is 0 Å². The molecule has 0 fully saturated rings. The van der Waals surface area contributed by atoms with Gasteiger partial charge in [0.05, 0.1) is 18.7 Å². The lowest BCUT2D eigenvalue weighted by molar-refractivity contribution is -0.119. The molecule has 0 aliphatic rings. The monoisotopic (exact) mass is 378 g/mol. The fraction of sp³-hybridized carbons (Fsp3) is 0.316. The van der Waals surface area contributed by atoms with Gasteiger partial charge in [0.25, 0.3) is 5.91 Å². The molecule has 0 saturated heterocycles. The van der Waals surface area contributed by atoms with Crippen LogP contribution in [0.25, 0.3) is 0 Å². The number of benzene rings is 2. The Morgan fingerprint density at radius 1 is 1.23 bits per heavy atom. The van der Waals surface area contributed by atoms with Crippen LogP contribution < -0.4 is 25.3 Å². The van der Waals surface area contributed by atoms with Gasteiger partial charge in [0.2, 0.25) is 0 Å². The normalized spacial score (nSPS) is 10.3. The fourth-order valence-corrected chi connectivity index (χ4v) is 2.57. The van der Waals surface area contributed by atoms with Crippen LogP contribution in [0.4, 0.5) is 5.69 Å². The SMILES string of the molecule is CCCOc1cccc(NCc2cc(Cl)c(OCC(N)=O)c(OC)c2)c1. The van der Waals surface area contributed by atoms with Gasteiger partial charge in [-0.15, -0.1) is 0 Å². The summed E-state index contributed by atoms with van der Waals surface area (Å²) in [6.45, 7) is 3.01. The van der Waals surface area contributed by atoms with Crippen molar-refractivity contribution in [3.8, 4) is 17.2 Å². The van der Waals surface area contributed by atoms with Gasteiger partial charge >= 0.3 is 0 Å².